The fourth-order valence-corrected chi connectivity index (χ4v) is 7.85. The molecule has 2 atom stereocenters. The summed E-state index contributed by atoms with van der Waals surface area (Å²) in [6, 6.07) is 20.3. The van der Waals surface area contributed by atoms with E-state index in [1.54, 1.807) is 6.07 Å². The Kier molecular flexibility index (Phi) is 11.1. The number of likely N-dealkylation sites (tertiary alicyclic amines) is 1. The lowest BCUT2D eigenvalue weighted by molar-refractivity contribution is -0.134. The van der Waals surface area contributed by atoms with Crippen LogP contribution in [0, 0.1) is 5.92 Å². The second-order valence-electron chi connectivity index (χ2n) is 13.7. The van der Waals surface area contributed by atoms with E-state index >= 15 is 0 Å². The molecule has 254 valence electrons. The molecule has 2 aliphatic heterocycles. The molecule has 0 unspecified atom stereocenters. The maximum absolute atomic E-state index is 14.0. The van der Waals surface area contributed by atoms with Gasteiger partial charge >= 0.3 is 0 Å². The number of amides is 4. The number of hydrogen-bond donors (Lipinski definition) is 4. The van der Waals surface area contributed by atoms with Crippen molar-refractivity contribution in [2.24, 2.45) is 5.92 Å². The molecule has 6 rings (SSSR count). The fraction of sp³-hybridized carbons (Fsp3) is 0.474. The van der Waals surface area contributed by atoms with E-state index in [1.807, 2.05) is 65.6 Å². The highest BCUT2D eigenvalue weighted by atomic mass is 79.9. The van der Waals surface area contributed by atoms with Crippen LogP contribution >= 0.6 is 15.9 Å². The predicted molar refractivity (Wildman–Crippen MR) is 190 cm³/mol. The molecule has 3 aromatic rings. The first kappa shape index (κ1) is 34.1. The summed E-state index contributed by atoms with van der Waals surface area (Å²) in [4.78, 5) is 56.0. The van der Waals surface area contributed by atoms with Crippen LogP contribution in [0.4, 0.5) is 0 Å². The highest BCUT2D eigenvalue weighted by Crippen LogP contribution is 2.31. The van der Waals surface area contributed by atoms with Crippen molar-refractivity contribution in [3.63, 3.8) is 0 Å². The van der Waals surface area contributed by atoms with Crippen LogP contribution in [0.2, 0.25) is 0 Å². The smallest absolute Gasteiger partial charge is 0.252 e. The summed E-state index contributed by atoms with van der Waals surface area (Å²) in [6.45, 7) is 2.93. The molecule has 3 aliphatic rings. The van der Waals surface area contributed by atoms with E-state index in [4.69, 9.17) is 0 Å². The Morgan fingerprint density at radius 3 is 2.35 bits per heavy atom. The molecule has 1 aliphatic carbocycles. The number of hydrogen-bond acceptors (Lipinski definition) is 5. The van der Waals surface area contributed by atoms with Crippen molar-refractivity contribution < 1.29 is 19.2 Å². The lowest BCUT2D eigenvalue weighted by Gasteiger charge is -2.34. The summed E-state index contributed by atoms with van der Waals surface area (Å²) in [7, 11) is 0. The number of nitrogens with one attached hydrogen (secondary N) is 4. The highest BCUT2D eigenvalue weighted by Gasteiger charge is 2.44. The monoisotopic (exact) mass is 715 g/mol. The Balaban J connectivity index is 1.07. The Bertz CT molecular complexity index is 1610. The molecule has 2 heterocycles. The van der Waals surface area contributed by atoms with Crippen molar-refractivity contribution in [1.29, 1.82) is 0 Å². The summed E-state index contributed by atoms with van der Waals surface area (Å²) in [5.41, 5.74) is 0.354. The molecular weight excluding hydrogens is 670 g/mol. The van der Waals surface area contributed by atoms with Gasteiger partial charge in [-0.1, -0.05) is 71.2 Å². The topological polar surface area (TPSA) is 120 Å². The second-order valence-corrected chi connectivity index (χ2v) is 14.6. The zero-order valence-corrected chi connectivity index (χ0v) is 29.0. The Morgan fingerprint density at radius 1 is 0.896 bits per heavy atom. The van der Waals surface area contributed by atoms with E-state index in [9.17, 15) is 19.2 Å². The molecule has 3 aromatic carbocycles. The van der Waals surface area contributed by atoms with Crippen LogP contribution in [-0.4, -0.2) is 72.3 Å². The third-order valence-corrected chi connectivity index (χ3v) is 10.8. The van der Waals surface area contributed by atoms with Crippen LogP contribution in [0.3, 0.4) is 0 Å². The minimum Gasteiger partial charge on any atom is -0.354 e. The molecule has 4 N–H and O–H groups in total. The van der Waals surface area contributed by atoms with Crippen molar-refractivity contribution in [2.45, 2.75) is 81.8 Å². The summed E-state index contributed by atoms with van der Waals surface area (Å²) >= 11 is 3.49. The molecule has 9 nitrogen and oxygen atoms in total. The largest absolute Gasteiger partial charge is 0.354 e. The van der Waals surface area contributed by atoms with Gasteiger partial charge in [-0.3, -0.25) is 19.2 Å². The van der Waals surface area contributed by atoms with Gasteiger partial charge in [-0.25, -0.2) is 0 Å². The molecule has 4 amide bonds. The van der Waals surface area contributed by atoms with Gasteiger partial charge in [0, 0.05) is 36.1 Å². The molecule has 3 fully saturated rings. The molecule has 1 saturated carbocycles. The standard InChI is InChI=1S/C38H46BrN5O4/c39-31-13-12-28-24-30(11-10-29(28)25-31)34(45)43-38(17-4-5-18-38)37(48)42-33(23-27-7-2-1-3-8-27)35(46)41-20-14-26-15-21-44(22-16-26)36(47)32-9-6-19-40-32/h1-3,7-8,10-13,24-26,32-33,40H,4-6,9,14-23H2,(H,41,46)(H,42,48)(H,43,45)/t32-,33-/m1/s1. The quantitative estimate of drug-likeness (QED) is 0.226. The molecule has 0 spiro atoms. The van der Waals surface area contributed by atoms with Crippen molar-refractivity contribution >= 4 is 50.3 Å². The second kappa shape index (κ2) is 15.6. The zero-order valence-electron chi connectivity index (χ0n) is 27.4. The molecule has 48 heavy (non-hydrogen) atoms. The first-order valence-corrected chi connectivity index (χ1v) is 18.3. The van der Waals surface area contributed by atoms with Crippen LogP contribution in [0.1, 0.15) is 73.7 Å². The fourth-order valence-electron chi connectivity index (χ4n) is 7.47. The number of rotatable bonds is 11. The van der Waals surface area contributed by atoms with E-state index in [2.05, 4.69) is 37.2 Å². The zero-order chi connectivity index (χ0) is 33.5. The minimum atomic E-state index is -1.08. The summed E-state index contributed by atoms with van der Waals surface area (Å²) < 4.78 is 0.966. The molecular formula is C38H46BrN5O4. The number of carbonyl (C=O) groups is 4. The van der Waals surface area contributed by atoms with E-state index in [0.29, 0.717) is 37.3 Å². The predicted octanol–water partition coefficient (Wildman–Crippen LogP) is 4.87. The van der Waals surface area contributed by atoms with Crippen molar-refractivity contribution in [3.05, 3.63) is 82.3 Å². The van der Waals surface area contributed by atoms with Crippen LogP contribution < -0.4 is 21.3 Å². The van der Waals surface area contributed by atoms with Gasteiger partial charge in [0.25, 0.3) is 5.91 Å². The average molecular weight is 717 g/mol. The van der Waals surface area contributed by atoms with E-state index < -0.39 is 11.6 Å². The summed E-state index contributed by atoms with van der Waals surface area (Å²) in [5.74, 6) is -0.189. The summed E-state index contributed by atoms with van der Waals surface area (Å²) in [6.07, 6.45) is 7.66. The van der Waals surface area contributed by atoms with Gasteiger partial charge in [0.2, 0.25) is 17.7 Å². The summed E-state index contributed by atoms with van der Waals surface area (Å²) in [5, 5.41) is 14.5. The van der Waals surface area contributed by atoms with Gasteiger partial charge in [0.05, 0.1) is 6.04 Å². The average Bonchev–Trinajstić information content (AvgIpc) is 3.82. The van der Waals surface area contributed by atoms with E-state index in [-0.39, 0.29) is 29.7 Å². The Morgan fingerprint density at radius 2 is 1.62 bits per heavy atom. The molecule has 0 aromatic heterocycles. The van der Waals surface area contributed by atoms with Gasteiger partial charge in [0.15, 0.2) is 0 Å². The van der Waals surface area contributed by atoms with Gasteiger partial charge in [0.1, 0.15) is 11.6 Å². The Labute approximate surface area is 291 Å². The van der Waals surface area contributed by atoms with Gasteiger partial charge < -0.3 is 26.2 Å². The highest BCUT2D eigenvalue weighted by molar-refractivity contribution is 9.10. The SMILES string of the molecule is O=C(NC1(C(=O)N[C@H](Cc2ccccc2)C(=O)NCCC2CCN(C(=O)[C@H]3CCCN3)CC2)CCCC1)c1ccc2cc(Br)ccc2c1. The van der Waals surface area contributed by atoms with E-state index in [0.717, 1.165) is 85.4 Å². The molecule has 10 heteroatoms. The first-order valence-electron chi connectivity index (χ1n) is 17.5. The third-order valence-electron chi connectivity index (χ3n) is 10.3. The van der Waals surface area contributed by atoms with Crippen molar-refractivity contribution in [3.8, 4) is 0 Å². The van der Waals surface area contributed by atoms with Crippen LogP contribution in [0.15, 0.2) is 71.2 Å². The van der Waals surface area contributed by atoms with Gasteiger partial charge in [-0.15, -0.1) is 0 Å². The van der Waals surface area contributed by atoms with Gasteiger partial charge in [-0.2, -0.15) is 0 Å². The van der Waals surface area contributed by atoms with Crippen LogP contribution in [0.25, 0.3) is 10.8 Å². The number of halogens is 1. The normalized spacial score (nSPS) is 19.9. The number of piperidine rings is 1. The number of benzene rings is 3. The maximum atomic E-state index is 14.0. The molecule has 2 saturated heterocycles. The van der Waals surface area contributed by atoms with E-state index in [1.165, 1.54) is 0 Å². The number of nitrogens with zero attached hydrogens (tertiary/aromatic N) is 1. The van der Waals surface area contributed by atoms with Crippen molar-refractivity contribution in [1.82, 2.24) is 26.2 Å². The van der Waals surface area contributed by atoms with Crippen LogP contribution in [-0.2, 0) is 20.8 Å². The lowest BCUT2D eigenvalue weighted by Crippen LogP contribution is -2.61. The minimum absolute atomic E-state index is 0.0316. The molecule has 0 radical (unpaired) electrons. The third kappa shape index (κ3) is 8.26. The Hall–Kier alpha value is -3.76. The molecule has 0 bridgehead atoms. The lowest BCUT2D eigenvalue weighted by atomic mass is 9.93. The first-order chi connectivity index (χ1) is 23.3. The number of carbonyl (C=O) groups excluding carboxylic acids is 4. The van der Waals surface area contributed by atoms with Crippen molar-refractivity contribution in [2.75, 3.05) is 26.2 Å². The van der Waals surface area contributed by atoms with Gasteiger partial charge in [-0.05, 0) is 98.0 Å². The number of fused-ring (bicyclic) bond motifs is 1. The van der Waals surface area contributed by atoms with Crippen LogP contribution in [0.5, 0.6) is 0 Å². The maximum Gasteiger partial charge on any atom is 0.252 e.